The van der Waals surface area contributed by atoms with Crippen LogP contribution in [0.5, 0.6) is 5.75 Å². The quantitative estimate of drug-likeness (QED) is 0.500. The van der Waals surface area contributed by atoms with E-state index in [1.54, 1.807) is 12.1 Å². The molecule has 36 heavy (non-hydrogen) atoms. The molecule has 9 nitrogen and oxygen atoms in total. The van der Waals surface area contributed by atoms with E-state index in [1.165, 1.54) is 0 Å². The van der Waals surface area contributed by atoms with Crippen molar-refractivity contribution in [1.82, 2.24) is 20.4 Å². The molecule has 1 N–H and O–H groups in total. The number of hydrogen-bond donors (Lipinski definition) is 1. The highest BCUT2D eigenvalue weighted by molar-refractivity contribution is 5.75. The number of ether oxygens (including phenoxy) is 2. The number of rotatable bonds is 5. The highest BCUT2D eigenvalue weighted by Crippen LogP contribution is 2.37. The Morgan fingerprint density at radius 1 is 1.25 bits per heavy atom. The smallest absolute Gasteiger partial charge is 0.318 e. The summed E-state index contributed by atoms with van der Waals surface area (Å²) in [5.74, 6) is 1.37. The Labute approximate surface area is 210 Å². The highest BCUT2D eigenvalue weighted by atomic mass is 16.5. The molecule has 5 rings (SSSR count). The summed E-state index contributed by atoms with van der Waals surface area (Å²) in [4.78, 5) is 22.9. The Morgan fingerprint density at radius 2 is 2.08 bits per heavy atom. The minimum absolute atomic E-state index is 0.0295. The largest absolute Gasteiger partial charge is 0.502 e. The van der Waals surface area contributed by atoms with Gasteiger partial charge in [-0.3, -0.25) is 0 Å². The standard InChI is InChI=1S/C27H29N5O4/c1-17(2)35-24-11-10-18(16-23(24)28-3)26-30-25(31-36-26)21-8-4-7-20-19(21)6-5-9-22(20)29-27(33)32-12-14-34-15-13-32/h4,7-8,10-11,16-17,22H,5-6,9,12-15H2,1-2H3,(H,29,33)/t22-/m0/s1. The van der Waals surface area contributed by atoms with Gasteiger partial charge in [-0.15, -0.1) is 0 Å². The molecule has 1 fully saturated rings. The zero-order valence-corrected chi connectivity index (χ0v) is 20.5. The molecule has 2 heterocycles. The predicted molar refractivity (Wildman–Crippen MR) is 134 cm³/mol. The lowest BCUT2D eigenvalue weighted by molar-refractivity contribution is 0.0523. The third-order valence-corrected chi connectivity index (χ3v) is 6.46. The third kappa shape index (κ3) is 4.90. The maximum Gasteiger partial charge on any atom is 0.318 e. The zero-order chi connectivity index (χ0) is 25.1. The Kier molecular flexibility index (Phi) is 6.87. The number of amides is 2. The van der Waals surface area contributed by atoms with E-state index in [0.717, 1.165) is 36.0 Å². The highest BCUT2D eigenvalue weighted by Gasteiger charge is 2.27. The SMILES string of the molecule is [C-]#[N+]c1cc(-c2nc(-c3cccc4c3CCC[C@@H]4NC(=O)N3CCOCC3)no2)ccc1OC(C)C. The van der Waals surface area contributed by atoms with E-state index in [1.807, 2.05) is 36.9 Å². The molecular formula is C27H29N5O4. The molecule has 1 aromatic heterocycles. The number of aromatic nitrogens is 2. The lowest BCUT2D eigenvalue weighted by atomic mass is 9.84. The lowest BCUT2D eigenvalue weighted by Crippen LogP contribution is -2.47. The van der Waals surface area contributed by atoms with E-state index in [0.29, 0.717) is 55.0 Å². The van der Waals surface area contributed by atoms with Gasteiger partial charge in [0.25, 0.3) is 5.89 Å². The summed E-state index contributed by atoms with van der Waals surface area (Å²) < 4.78 is 16.7. The monoisotopic (exact) mass is 487 g/mol. The van der Waals surface area contributed by atoms with Crippen LogP contribution in [0, 0.1) is 6.57 Å². The summed E-state index contributed by atoms with van der Waals surface area (Å²) in [6.45, 7) is 13.7. The van der Waals surface area contributed by atoms with Crippen molar-refractivity contribution in [1.29, 1.82) is 0 Å². The fourth-order valence-corrected chi connectivity index (χ4v) is 4.76. The molecule has 1 saturated heterocycles. The molecule has 186 valence electrons. The van der Waals surface area contributed by atoms with Crippen molar-refractivity contribution in [3.05, 3.63) is 58.9 Å². The molecule has 0 spiro atoms. The van der Waals surface area contributed by atoms with Crippen molar-refractivity contribution >= 4 is 11.7 Å². The molecule has 2 aliphatic rings. The van der Waals surface area contributed by atoms with Gasteiger partial charge in [0.05, 0.1) is 31.9 Å². The van der Waals surface area contributed by atoms with Gasteiger partial charge < -0.3 is 24.2 Å². The van der Waals surface area contributed by atoms with Gasteiger partial charge in [-0.25, -0.2) is 9.64 Å². The molecule has 2 aromatic carbocycles. The number of carbonyl (C=O) groups is 1. The van der Waals surface area contributed by atoms with Crippen LogP contribution >= 0.6 is 0 Å². The average Bonchev–Trinajstić information content (AvgIpc) is 3.39. The van der Waals surface area contributed by atoms with Crippen LogP contribution in [0.2, 0.25) is 0 Å². The summed E-state index contributed by atoms with van der Waals surface area (Å²) in [5.41, 5.74) is 4.19. The molecule has 9 heteroatoms. The zero-order valence-electron chi connectivity index (χ0n) is 20.5. The van der Waals surface area contributed by atoms with Crippen molar-refractivity contribution in [2.45, 2.75) is 45.3 Å². The Bertz CT molecular complexity index is 1290. The molecule has 0 unspecified atom stereocenters. The van der Waals surface area contributed by atoms with Crippen LogP contribution < -0.4 is 10.1 Å². The Morgan fingerprint density at radius 3 is 2.86 bits per heavy atom. The van der Waals surface area contributed by atoms with Crippen molar-refractivity contribution in [3.63, 3.8) is 0 Å². The van der Waals surface area contributed by atoms with E-state index >= 15 is 0 Å². The Hall–Kier alpha value is -3.90. The number of fused-ring (bicyclic) bond motifs is 1. The van der Waals surface area contributed by atoms with Crippen LogP contribution in [0.4, 0.5) is 10.5 Å². The van der Waals surface area contributed by atoms with Crippen LogP contribution in [0.25, 0.3) is 27.7 Å². The van der Waals surface area contributed by atoms with Gasteiger partial charge in [0.1, 0.15) is 5.75 Å². The summed E-state index contributed by atoms with van der Waals surface area (Å²) >= 11 is 0. The number of urea groups is 1. The first-order chi connectivity index (χ1) is 17.5. The first-order valence-corrected chi connectivity index (χ1v) is 12.3. The van der Waals surface area contributed by atoms with Crippen molar-refractivity contribution < 1.29 is 18.8 Å². The molecule has 0 bridgehead atoms. The van der Waals surface area contributed by atoms with Gasteiger partial charge in [-0.2, -0.15) is 4.98 Å². The number of morpholine rings is 1. The van der Waals surface area contributed by atoms with Gasteiger partial charge in [-0.1, -0.05) is 23.4 Å². The molecule has 1 atom stereocenters. The summed E-state index contributed by atoms with van der Waals surface area (Å²) in [7, 11) is 0. The van der Waals surface area contributed by atoms with Gasteiger partial charge >= 0.3 is 6.03 Å². The predicted octanol–water partition coefficient (Wildman–Crippen LogP) is 5.16. The number of hydrogen-bond acceptors (Lipinski definition) is 6. The normalized spacial score (nSPS) is 17.4. The summed E-state index contributed by atoms with van der Waals surface area (Å²) in [6, 6.07) is 11.2. The van der Waals surface area contributed by atoms with Crippen molar-refractivity contribution in [3.8, 4) is 28.6 Å². The first kappa shape index (κ1) is 23.8. The van der Waals surface area contributed by atoms with Crippen LogP contribution in [0.1, 0.15) is 43.9 Å². The molecule has 1 aliphatic heterocycles. The fraction of sp³-hybridized carbons (Fsp3) is 0.407. The molecule has 0 saturated carbocycles. The summed E-state index contributed by atoms with van der Waals surface area (Å²) in [6.07, 6.45) is 2.68. The minimum Gasteiger partial charge on any atom is -0.502 e. The topological polar surface area (TPSA) is 94.1 Å². The van der Waals surface area contributed by atoms with E-state index in [9.17, 15) is 4.79 Å². The second kappa shape index (κ2) is 10.4. The lowest BCUT2D eigenvalue weighted by Gasteiger charge is -2.32. The number of benzene rings is 2. The van der Waals surface area contributed by atoms with E-state index in [-0.39, 0.29) is 18.2 Å². The molecule has 2 amide bonds. The van der Waals surface area contributed by atoms with Gasteiger partial charge in [0, 0.05) is 24.2 Å². The molecule has 3 aromatic rings. The number of nitrogens with zero attached hydrogens (tertiary/aromatic N) is 4. The fourth-order valence-electron chi connectivity index (χ4n) is 4.76. The van der Waals surface area contributed by atoms with Crippen molar-refractivity contribution in [2.24, 2.45) is 0 Å². The van der Waals surface area contributed by atoms with Gasteiger partial charge in [0.2, 0.25) is 11.5 Å². The van der Waals surface area contributed by atoms with Crippen molar-refractivity contribution in [2.75, 3.05) is 26.3 Å². The maximum absolute atomic E-state index is 12.8. The van der Waals surface area contributed by atoms with Crippen LogP contribution in [-0.2, 0) is 11.2 Å². The first-order valence-electron chi connectivity index (χ1n) is 12.3. The van der Waals surface area contributed by atoms with Crippen LogP contribution in [0.3, 0.4) is 0 Å². The average molecular weight is 488 g/mol. The van der Waals surface area contributed by atoms with Crippen LogP contribution in [-0.4, -0.2) is 53.5 Å². The number of carbonyl (C=O) groups excluding carboxylic acids is 1. The van der Waals surface area contributed by atoms with E-state index in [4.69, 9.17) is 20.6 Å². The van der Waals surface area contributed by atoms with Gasteiger partial charge in [0.15, 0.2) is 0 Å². The second-order valence-electron chi connectivity index (χ2n) is 9.25. The van der Waals surface area contributed by atoms with E-state index in [2.05, 4.69) is 26.4 Å². The molecule has 1 aliphatic carbocycles. The van der Waals surface area contributed by atoms with Gasteiger partial charge in [-0.05, 0) is 62.4 Å². The van der Waals surface area contributed by atoms with E-state index < -0.39 is 0 Å². The minimum atomic E-state index is -0.0647. The maximum atomic E-state index is 12.8. The van der Waals surface area contributed by atoms with Crippen LogP contribution in [0.15, 0.2) is 40.9 Å². The summed E-state index contributed by atoms with van der Waals surface area (Å²) in [5, 5.41) is 7.47. The second-order valence-corrected chi connectivity index (χ2v) is 9.25. The molecular weight excluding hydrogens is 458 g/mol. The number of nitrogens with one attached hydrogen (secondary N) is 1. The third-order valence-electron chi connectivity index (χ3n) is 6.46. The Balaban J connectivity index is 1.40. The molecule has 0 radical (unpaired) electrons.